The van der Waals surface area contributed by atoms with Crippen LogP contribution in [0.2, 0.25) is 0 Å². The van der Waals surface area contributed by atoms with Gasteiger partial charge in [-0.2, -0.15) is 0 Å². The van der Waals surface area contributed by atoms with E-state index in [2.05, 4.69) is 39.9 Å². The van der Waals surface area contributed by atoms with E-state index in [9.17, 15) is 0 Å². The number of rotatable bonds is 8. The minimum absolute atomic E-state index is 0.496. The SMILES string of the molecule is CCc1ccc(CN2CCCC(c3ccnc(SCCN4CCCC4)n3)C2)o1. The van der Waals surface area contributed by atoms with Crippen molar-refractivity contribution in [3.8, 4) is 0 Å². The molecule has 4 rings (SSSR count). The first-order valence-electron chi connectivity index (χ1n) is 10.8. The van der Waals surface area contributed by atoms with Gasteiger partial charge in [-0.1, -0.05) is 18.7 Å². The van der Waals surface area contributed by atoms with E-state index in [0.29, 0.717) is 5.92 Å². The van der Waals surface area contributed by atoms with Gasteiger partial charge in [0.05, 0.1) is 6.54 Å². The van der Waals surface area contributed by atoms with Crippen molar-refractivity contribution in [2.45, 2.75) is 56.6 Å². The second-order valence-corrected chi connectivity index (χ2v) is 9.02. The molecule has 0 amide bonds. The van der Waals surface area contributed by atoms with Gasteiger partial charge in [0.15, 0.2) is 5.16 Å². The molecule has 1 unspecified atom stereocenters. The fourth-order valence-corrected chi connectivity index (χ4v) is 5.12. The minimum Gasteiger partial charge on any atom is -0.465 e. The van der Waals surface area contributed by atoms with Gasteiger partial charge >= 0.3 is 0 Å². The van der Waals surface area contributed by atoms with Gasteiger partial charge in [-0.25, -0.2) is 9.97 Å². The molecular formula is C22H32N4OS. The molecule has 28 heavy (non-hydrogen) atoms. The molecule has 0 N–H and O–H groups in total. The zero-order valence-corrected chi connectivity index (χ0v) is 17.8. The molecule has 1 atom stereocenters. The molecule has 2 fully saturated rings. The van der Waals surface area contributed by atoms with Gasteiger partial charge < -0.3 is 9.32 Å². The average Bonchev–Trinajstić information content (AvgIpc) is 3.40. The molecular weight excluding hydrogens is 368 g/mol. The van der Waals surface area contributed by atoms with Crippen LogP contribution in [0.5, 0.6) is 0 Å². The fourth-order valence-electron chi connectivity index (χ4n) is 4.28. The summed E-state index contributed by atoms with van der Waals surface area (Å²) in [5.41, 5.74) is 1.21. The van der Waals surface area contributed by atoms with Crippen LogP contribution in [0.25, 0.3) is 0 Å². The van der Waals surface area contributed by atoms with Crippen molar-refractivity contribution in [3.63, 3.8) is 0 Å². The van der Waals surface area contributed by atoms with Crippen LogP contribution in [0.3, 0.4) is 0 Å². The van der Waals surface area contributed by atoms with Crippen molar-refractivity contribution in [1.82, 2.24) is 19.8 Å². The number of hydrogen-bond acceptors (Lipinski definition) is 6. The summed E-state index contributed by atoms with van der Waals surface area (Å²) in [6.07, 6.45) is 8.04. The van der Waals surface area contributed by atoms with Crippen LogP contribution in [0.15, 0.2) is 34.0 Å². The summed E-state index contributed by atoms with van der Waals surface area (Å²) in [5, 5.41) is 0.937. The fraction of sp³-hybridized carbons (Fsp3) is 0.636. The Hall–Kier alpha value is -1.37. The smallest absolute Gasteiger partial charge is 0.187 e. The third-order valence-corrected chi connectivity index (χ3v) is 6.70. The molecule has 0 aromatic carbocycles. The zero-order valence-electron chi connectivity index (χ0n) is 17.0. The summed E-state index contributed by atoms with van der Waals surface area (Å²) >= 11 is 1.80. The van der Waals surface area contributed by atoms with Gasteiger partial charge in [-0.05, 0) is 63.5 Å². The Kier molecular flexibility index (Phi) is 7.04. The summed E-state index contributed by atoms with van der Waals surface area (Å²) < 4.78 is 5.91. The Balaban J connectivity index is 1.31. The molecule has 2 aliphatic heterocycles. The Bertz CT molecular complexity index is 744. The van der Waals surface area contributed by atoms with Crippen LogP contribution in [0.1, 0.15) is 55.7 Å². The van der Waals surface area contributed by atoms with E-state index in [1.54, 1.807) is 11.8 Å². The third-order valence-electron chi connectivity index (χ3n) is 5.86. The molecule has 0 spiro atoms. The van der Waals surface area contributed by atoms with Crippen molar-refractivity contribution in [2.24, 2.45) is 0 Å². The standard InChI is InChI=1S/C22H32N4OS/c1-2-19-7-8-20(27-19)17-26-13-5-6-18(16-26)21-9-10-23-22(24-21)28-15-14-25-11-3-4-12-25/h7-10,18H,2-6,11-17H2,1H3. The lowest BCUT2D eigenvalue weighted by molar-refractivity contribution is 0.184. The molecule has 2 saturated heterocycles. The lowest BCUT2D eigenvalue weighted by atomic mass is 9.94. The topological polar surface area (TPSA) is 45.4 Å². The molecule has 0 aliphatic carbocycles. The van der Waals surface area contributed by atoms with Crippen molar-refractivity contribution in [1.29, 1.82) is 0 Å². The van der Waals surface area contributed by atoms with Gasteiger partial charge in [-0.3, -0.25) is 4.90 Å². The highest BCUT2D eigenvalue weighted by atomic mass is 32.2. The number of piperidine rings is 1. The molecule has 0 saturated carbocycles. The molecule has 4 heterocycles. The van der Waals surface area contributed by atoms with E-state index in [1.165, 1.54) is 44.5 Å². The van der Waals surface area contributed by atoms with Crippen LogP contribution in [0.4, 0.5) is 0 Å². The van der Waals surface area contributed by atoms with Crippen LogP contribution < -0.4 is 0 Å². The molecule has 6 heteroatoms. The lowest BCUT2D eigenvalue weighted by Gasteiger charge is -2.31. The van der Waals surface area contributed by atoms with E-state index < -0.39 is 0 Å². The number of likely N-dealkylation sites (tertiary alicyclic amines) is 2. The maximum absolute atomic E-state index is 5.91. The Morgan fingerprint density at radius 3 is 2.71 bits per heavy atom. The molecule has 2 aromatic rings. The summed E-state index contributed by atoms with van der Waals surface area (Å²) in [4.78, 5) is 14.5. The van der Waals surface area contributed by atoms with Crippen LogP contribution in [-0.2, 0) is 13.0 Å². The predicted molar refractivity (Wildman–Crippen MR) is 114 cm³/mol. The van der Waals surface area contributed by atoms with Crippen molar-refractivity contribution < 1.29 is 4.42 Å². The van der Waals surface area contributed by atoms with Crippen molar-refractivity contribution >= 4 is 11.8 Å². The average molecular weight is 401 g/mol. The van der Waals surface area contributed by atoms with E-state index in [0.717, 1.165) is 55.0 Å². The first-order chi connectivity index (χ1) is 13.8. The van der Waals surface area contributed by atoms with E-state index in [4.69, 9.17) is 9.40 Å². The molecule has 2 aliphatic rings. The maximum Gasteiger partial charge on any atom is 0.187 e. The number of aryl methyl sites for hydroxylation is 1. The van der Waals surface area contributed by atoms with Gasteiger partial charge in [0.25, 0.3) is 0 Å². The summed E-state index contributed by atoms with van der Waals surface area (Å²) in [6.45, 7) is 8.90. The number of furan rings is 1. The van der Waals surface area contributed by atoms with E-state index in [-0.39, 0.29) is 0 Å². The normalized spacial score (nSPS) is 21.4. The van der Waals surface area contributed by atoms with E-state index in [1.807, 2.05) is 6.20 Å². The highest BCUT2D eigenvalue weighted by Crippen LogP contribution is 2.28. The largest absolute Gasteiger partial charge is 0.465 e. The number of thioether (sulfide) groups is 1. The summed E-state index contributed by atoms with van der Waals surface area (Å²) in [6, 6.07) is 6.34. The second kappa shape index (κ2) is 9.90. The number of nitrogens with zero attached hydrogens (tertiary/aromatic N) is 4. The van der Waals surface area contributed by atoms with Crippen LogP contribution in [-0.4, -0.2) is 58.2 Å². The minimum atomic E-state index is 0.496. The Labute approximate surface area is 172 Å². The zero-order chi connectivity index (χ0) is 19.2. The molecule has 0 bridgehead atoms. The lowest BCUT2D eigenvalue weighted by Crippen LogP contribution is -2.34. The molecule has 0 radical (unpaired) electrons. The maximum atomic E-state index is 5.91. The summed E-state index contributed by atoms with van der Waals surface area (Å²) in [7, 11) is 0. The van der Waals surface area contributed by atoms with Crippen LogP contribution in [0, 0.1) is 0 Å². The van der Waals surface area contributed by atoms with Gasteiger partial charge in [-0.15, -0.1) is 0 Å². The monoisotopic (exact) mass is 400 g/mol. The second-order valence-electron chi connectivity index (χ2n) is 7.96. The van der Waals surface area contributed by atoms with Crippen molar-refractivity contribution in [3.05, 3.63) is 41.6 Å². The Morgan fingerprint density at radius 2 is 1.89 bits per heavy atom. The first-order valence-corrected chi connectivity index (χ1v) is 11.8. The quantitative estimate of drug-likeness (QED) is 0.489. The van der Waals surface area contributed by atoms with Gasteiger partial charge in [0.1, 0.15) is 11.5 Å². The molecule has 5 nitrogen and oxygen atoms in total. The van der Waals surface area contributed by atoms with Crippen molar-refractivity contribution in [2.75, 3.05) is 38.5 Å². The molecule has 2 aromatic heterocycles. The predicted octanol–water partition coefficient (Wildman–Crippen LogP) is 4.20. The van der Waals surface area contributed by atoms with E-state index >= 15 is 0 Å². The highest BCUT2D eigenvalue weighted by Gasteiger charge is 2.23. The molecule has 152 valence electrons. The van der Waals surface area contributed by atoms with Crippen LogP contribution >= 0.6 is 11.8 Å². The Morgan fingerprint density at radius 1 is 1.07 bits per heavy atom. The van der Waals surface area contributed by atoms with Gasteiger partial charge in [0.2, 0.25) is 0 Å². The summed E-state index contributed by atoms with van der Waals surface area (Å²) in [5.74, 6) is 3.74. The third kappa shape index (κ3) is 5.37. The first kappa shape index (κ1) is 19.9. The van der Waals surface area contributed by atoms with Gasteiger partial charge in [0, 0.05) is 43.1 Å². The number of hydrogen-bond donors (Lipinski definition) is 0. The number of aromatic nitrogens is 2. The highest BCUT2D eigenvalue weighted by molar-refractivity contribution is 7.99.